The molecule has 6 nitrogen and oxygen atoms in total. The topological polar surface area (TPSA) is 65.4 Å². The van der Waals surface area contributed by atoms with Crippen molar-refractivity contribution in [1.29, 1.82) is 0 Å². The Morgan fingerprint density at radius 3 is 2.54 bits per heavy atom. The minimum absolute atomic E-state index is 0.0728. The first-order valence-electron chi connectivity index (χ1n) is 11.9. The first kappa shape index (κ1) is 26.4. The summed E-state index contributed by atoms with van der Waals surface area (Å²) in [6.07, 6.45) is 2.93. The second-order valence-corrected chi connectivity index (χ2v) is 9.20. The predicted molar refractivity (Wildman–Crippen MR) is 147 cm³/mol. The second-order valence-electron chi connectivity index (χ2n) is 8.43. The molecule has 0 saturated heterocycles. The summed E-state index contributed by atoms with van der Waals surface area (Å²) >= 11 is 1.54. The minimum atomic E-state index is -0.298. The van der Waals surface area contributed by atoms with Gasteiger partial charge in [-0.15, -0.1) is 0 Å². The van der Waals surface area contributed by atoms with Gasteiger partial charge in [-0.1, -0.05) is 36.0 Å². The number of carbonyl (C=O) groups is 1. The molecule has 1 N–H and O–H groups in total. The molecule has 0 aliphatic rings. The molecule has 0 aliphatic heterocycles. The van der Waals surface area contributed by atoms with Crippen LogP contribution >= 0.6 is 11.8 Å². The summed E-state index contributed by atoms with van der Waals surface area (Å²) in [5.74, 6) is 0.404. The summed E-state index contributed by atoms with van der Waals surface area (Å²) in [6.45, 7) is 1.12. The summed E-state index contributed by atoms with van der Waals surface area (Å²) < 4.78 is 26.4. The number of thioether (sulfide) groups is 1. The Balaban J connectivity index is 1.61. The molecule has 3 aromatic carbocycles. The highest BCUT2D eigenvalue weighted by Gasteiger charge is 2.20. The van der Waals surface area contributed by atoms with E-state index in [4.69, 9.17) is 14.5 Å². The SMILES string of the molecule is COCCn1c(SC)nc(-c2ccc(F)cc2)c1-c1cccc(NC(=O)CCc2cccc(OC)c2)c1. The Morgan fingerprint density at radius 1 is 1.03 bits per heavy atom. The molecule has 192 valence electrons. The molecule has 4 rings (SSSR count). The number of hydrogen-bond acceptors (Lipinski definition) is 5. The molecule has 1 amide bonds. The molecule has 0 radical (unpaired) electrons. The normalized spacial score (nSPS) is 10.9. The third-order valence-electron chi connectivity index (χ3n) is 5.95. The number of halogens is 1. The lowest BCUT2D eigenvalue weighted by Crippen LogP contribution is -2.12. The zero-order valence-corrected chi connectivity index (χ0v) is 22.0. The number of aromatic nitrogens is 2. The molecule has 0 aliphatic carbocycles. The molecule has 0 bridgehead atoms. The maximum Gasteiger partial charge on any atom is 0.224 e. The molecule has 0 spiro atoms. The van der Waals surface area contributed by atoms with E-state index in [1.54, 1.807) is 26.4 Å². The van der Waals surface area contributed by atoms with Crippen molar-refractivity contribution >= 4 is 23.4 Å². The highest BCUT2D eigenvalue weighted by atomic mass is 32.2. The summed E-state index contributed by atoms with van der Waals surface area (Å²) in [5, 5.41) is 3.85. The van der Waals surface area contributed by atoms with Crippen molar-refractivity contribution in [2.75, 3.05) is 32.4 Å². The number of rotatable bonds is 11. The van der Waals surface area contributed by atoms with Crippen molar-refractivity contribution in [2.24, 2.45) is 0 Å². The fraction of sp³-hybridized carbons (Fsp3) is 0.241. The lowest BCUT2D eigenvalue weighted by atomic mass is 10.0. The van der Waals surface area contributed by atoms with E-state index in [1.165, 1.54) is 23.9 Å². The quantitative estimate of drug-likeness (QED) is 0.236. The highest BCUT2D eigenvalue weighted by molar-refractivity contribution is 7.98. The number of imidazole rings is 1. The summed E-state index contributed by atoms with van der Waals surface area (Å²) in [7, 11) is 3.29. The van der Waals surface area contributed by atoms with Gasteiger partial charge < -0.3 is 19.4 Å². The number of methoxy groups -OCH3 is 2. The number of aryl methyl sites for hydroxylation is 1. The standard InChI is InChI=1S/C29H30FN3O3S/c1-35-17-16-33-28(27(32-29(33)37-3)21-11-13-23(30)14-12-21)22-7-5-8-24(19-22)31-26(34)15-10-20-6-4-9-25(18-20)36-2/h4-9,11-14,18-19H,10,15-17H2,1-3H3,(H,31,34). The fourth-order valence-electron chi connectivity index (χ4n) is 4.13. The molecule has 0 atom stereocenters. The van der Waals surface area contributed by atoms with Crippen molar-refractivity contribution in [3.05, 3.63) is 84.2 Å². The summed E-state index contributed by atoms with van der Waals surface area (Å²) in [6, 6.07) is 21.8. The number of benzene rings is 3. The number of amides is 1. The molecular weight excluding hydrogens is 489 g/mol. The van der Waals surface area contributed by atoms with Crippen LogP contribution in [0.4, 0.5) is 10.1 Å². The van der Waals surface area contributed by atoms with Crippen molar-refractivity contribution < 1.29 is 18.7 Å². The van der Waals surface area contributed by atoms with Gasteiger partial charge in [-0.25, -0.2) is 9.37 Å². The lowest BCUT2D eigenvalue weighted by molar-refractivity contribution is -0.116. The van der Waals surface area contributed by atoms with Crippen LogP contribution in [0, 0.1) is 5.82 Å². The van der Waals surface area contributed by atoms with Gasteiger partial charge in [0.15, 0.2) is 5.16 Å². The van der Waals surface area contributed by atoms with E-state index in [0.29, 0.717) is 31.7 Å². The average molecular weight is 520 g/mol. The number of nitrogens with zero attached hydrogens (tertiary/aromatic N) is 2. The predicted octanol–water partition coefficient (Wildman–Crippen LogP) is 6.30. The van der Waals surface area contributed by atoms with E-state index >= 15 is 0 Å². The van der Waals surface area contributed by atoms with Gasteiger partial charge in [-0.3, -0.25) is 4.79 Å². The molecule has 0 fully saturated rings. The molecule has 1 heterocycles. The third-order valence-corrected chi connectivity index (χ3v) is 6.62. The molecule has 0 unspecified atom stereocenters. The van der Waals surface area contributed by atoms with Gasteiger partial charge in [0.2, 0.25) is 5.91 Å². The van der Waals surface area contributed by atoms with Gasteiger partial charge in [0.25, 0.3) is 0 Å². The van der Waals surface area contributed by atoms with Crippen LogP contribution in [0.5, 0.6) is 5.75 Å². The van der Waals surface area contributed by atoms with Crippen LogP contribution in [0.25, 0.3) is 22.5 Å². The van der Waals surface area contributed by atoms with Crippen LogP contribution in [-0.2, 0) is 22.5 Å². The first-order chi connectivity index (χ1) is 18.0. The van der Waals surface area contributed by atoms with E-state index in [-0.39, 0.29) is 11.7 Å². The number of hydrogen-bond donors (Lipinski definition) is 1. The van der Waals surface area contributed by atoms with Crippen molar-refractivity contribution in [3.63, 3.8) is 0 Å². The monoisotopic (exact) mass is 519 g/mol. The number of carbonyl (C=O) groups excluding carboxylic acids is 1. The smallest absolute Gasteiger partial charge is 0.224 e. The van der Waals surface area contributed by atoms with Gasteiger partial charge >= 0.3 is 0 Å². The molecule has 8 heteroatoms. The fourth-order valence-corrected chi connectivity index (χ4v) is 4.72. The van der Waals surface area contributed by atoms with E-state index < -0.39 is 0 Å². The van der Waals surface area contributed by atoms with Crippen LogP contribution in [0.1, 0.15) is 12.0 Å². The van der Waals surface area contributed by atoms with Crippen molar-refractivity contribution in [3.8, 4) is 28.3 Å². The van der Waals surface area contributed by atoms with Crippen LogP contribution in [0.3, 0.4) is 0 Å². The van der Waals surface area contributed by atoms with Crippen LogP contribution < -0.4 is 10.1 Å². The zero-order chi connectivity index (χ0) is 26.2. The Bertz CT molecular complexity index is 1360. The highest BCUT2D eigenvalue weighted by Crippen LogP contribution is 2.36. The van der Waals surface area contributed by atoms with E-state index in [0.717, 1.165) is 39.0 Å². The maximum absolute atomic E-state index is 13.6. The largest absolute Gasteiger partial charge is 0.497 e. The Hall–Kier alpha value is -3.62. The van der Waals surface area contributed by atoms with Gasteiger partial charge in [0, 0.05) is 36.9 Å². The maximum atomic E-state index is 13.6. The van der Waals surface area contributed by atoms with E-state index in [9.17, 15) is 9.18 Å². The Kier molecular flexibility index (Phi) is 8.98. The molecule has 37 heavy (non-hydrogen) atoms. The number of ether oxygens (including phenoxy) is 2. The molecule has 0 saturated carbocycles. The zero-order valence-electron chi connectivity index (χ0n) is 21.2. The van der Waals surface area contributed by atoms with Crippen LogP contribution in [-0.4, -0.2) is 42.5 Å². The molecule has 1 aromatic heterocycles. The Morgan fingerprint density at radius 2 is 1.81 bits per heavy atom. The number of anilines is 1. The van der Waals surface area contributed by atoms with Crippen LogP contribution in [0.2, 0.25) is 0 Å². The lowest BCUT2D eigenvalue weighted by Gasteiger charge is -2.13. The van der Waals surface area contributed by atoms with Gasteiger partial charge in [-0.05, 0) is 66.8 Å². The van der Waals surface area contributed by atoms with Gasteiger partial charge in [-0.2, -0.15) is 0 Å². The Labute approximate surface area is 220 Å². The van der Waals surface area contributed by atoms with E-state index in [1.807, 2.05) is 54.8 Å². The van der Waals surface area contributed by atoms with Gasteiger partial charge in [0.05, 0.1) is 25.1 Å². The summed E-state index contributed by atoms with van der Waals surface area (Å²) in [5.41, 5.74) is 5.09. The first-order valence-corrected chi connectivity index (χ1v) is 13.2. The molecule has 4 aromatic rings. The van der Waals surface area contributed by atoms with Crippen LogP contribution in [0.15, 0.2) is 78.0 Å². The van der Waals surface area contributed by atoms with Crippen molar-refractivity contribution in [2.45, 2.75) is 24.5 Å². The molecular formula is C29H30FN3O3S. The minimum Gasteiger partial charge on any atom is -0.497 e. The van der Waals surface area contributed by atoms with E-state index in [2.05, 4.69) is 9.88 Å². The summed E-state index contributed by atoms with van der Waals surface area (Å²) in [4.78, 5) is 17.6. The number of nitrogens with one attached hydrogen (secondary N) is 1. The second kappa shape index (κ2) is 12.6. The van der Waals surface area contributed by atoms with Gasteiger partial charge in [0.1, 0.15) is 11.6 Å². The average Bonchev–Trinajstić information content (AvgIpc) is 3.30. The third kappa shape index (κ3) is 6.58. The van der Waals surface area contributed by atoms with Crippen molar-refractivity contribution in [1.82, 2.24) is 9.55 Å².